The van der Waals surface area contributed by atoms with Crippen LogP contribution in [0.25, 0.3) is 11.3 Å². The molecule has 1 aromatic carbocycles. The Labute approximate surface area is 140 Å². The summed E-state index contributed by atoms with van der Waals surface area (Å²) in [4.78, 5) is 16.2. The van der Waals surface area contributed by atoms with E-state index in [4.69, 9.17) is 10.5 Å². The second-order valence-electron chi connectivity index (χ2n) is 4.53. The number of thiazole rings is 1. The second kappa shape index (κ2) is 6.71. The molecule has 2 heterocycles. The van der Waals surface area contributed by atoms with Crippen LogP contribution in [-0.4, -0.2) is 27.7 Å². The van der Waals surface area contributed by atoms with Gasteiger partial charge in [0, 0.05) is 10.9 Å². The monoisotopic (exact) mass is 347 g/mol. The third-order valence-electron chi connectivity index (χ3n) is 2.82. The van der Waals surface area contributed by atoms with Gasteiger partial charge in [-0.1, -0.05) is 23.5 Å². The molecule has 0 spiro atoms. The van der Waals surface area contributed by atoms with Gasteiger partial charge in [-0.15, -0.1) is 21.5 Å². The molecule has 0 atom stereocenters. The Morgan fingerprint density at radius 3 is 2.87 bits per heavy atom. The van der Waals surface area contributed by atoms with Crippen LogP contribution in [0.3, 0.4) is 0 Å². The Hall–Kier alpha value is -2.52. The molecule has 23 heavy (non-hydrogen) atoms. The molecule has 0 unspecified atom stereocenters. The highest BCUT2D eigenvalue weighted by atomic mass is 32.1. The fourth-order valence-electron chi connectivity index (χ4n) is 1.86. The summed E-state index contributed by atoms with van der Waals surface area (Å²) in [6, 6.07) is 7.37. The number of hydrogen-bond donors (Lipinski definition) is 2. The van der Waals surface area contributed by atoms with Crippen molar-refractivity contribution in [3.8, 4) is 17.0 Å². The van der Waals surface area contributed by atoms with E-state index < -0.39 is 0 Å². The number of nitrogen functional groups attached to an aromatic ring is 1. The molecule has 3 aromatic rings. The number of ether oxygens (including phenoxy) is 1. The molecule has 118 valence electrons. The van der Waals surface area contributed by atoms with E-state index in [1.807, 2.05) is 30.5 Å². The number of aromatic nitrogens is 3. The van der Waals surface area contributed by atoms with Gasteiger partial charge in [-0.3, -0.25) is 10.1 Å². The minimum absolute atomic E-state index is 0.130. The smallest absolute Gasteiger partial charge is 0.264 e. The summed E-state index contributed by atoms with van der Waals surface area (Å²) in [5, 5.41) is 13.9. The topological polar surface area (TPSA) is 103 Å². The number of para-hydroxylation sites is 1. The summed E-state index contributed by atoms with van der Waals surface area (Å²) in [5.74, 6) is 0.273. The van der Waals surface area contributed by atoms with Crippen molar-refractivity contribution in [1.29, 1.82) is 0 Å². The second-order valence-corrected chi connectivity index (χ2v) is 6.60. The van der Waals surface area contributed by atoms with E-state index in [1.54, 1.807) is 6.07 Å². The minimum Gasteiger partial charge on any atom is -0.483 e. The molecule has 0 aliphatic carbocycles. The molecule has 9 heteroatoms. The lowest BCUT2D eigenvalue weighted by atomic mass is 10.1. The third-order valence-corrected chi connectivity index (χ3v) is 4.24. The molecule has 0 fully saturated rings. The highest BCUT2D eigenvalue weighted by Gasteiger charge is 2.12. The Kier molecular flexibility index (Phi) is 4.49. The summed E-state index contributed by atoms with van der Waals surface area (Å²) in [6.07, 6.45) is 0. The van der Waals surface area contributed by atoms with E-state index in [0.717, 1.165) is 16.3 Å². The number of aryl methyl sites for hydroxylation is 1. The number of benzene rings is 1. The largest absolute Gasteiger partial charge is 0.483 e. The van der Waals surface area contributed by atoms with Crippen molar-refractivity contribution in [3.05, 3.63) is 34.7 Å². The number of anilines is 2. The molecule has 7 nitrogen and oxygen atoms in total. The predicted molar refractivity (Wildman–Crippen MR) is 90.7 cm³/mol. The number of rotatable bonds is 5. The predicted octanol–water partition coefficient (Wildman–Crippen LogP) is 2.57. The number of amides is 1. The van der Waals surface area contributed by atoms with E-state index in [1.165, 1.54) is 22.7 Å². The Balaban J connectivity index is 1.67. The van der Waals surface area contributed by atoms with E-state index in [0.29, 0.717) is 16.0 Å². The number of nitrogens with two attached hydrogens (primary N) is 1. The van der Waals surface area contributed by atoms with E-state index in [-0.39, 0.29) is 12.5 Å². The average Bonchev–Trinajstić information content (AvgIpc) is 3.14. The quantitative estimate of drug-likeness (QED) is 0.735. The van der Waals surface area contributed by atoms with E-state index in [9.17, 15) is 4.79 Å². The highest BCUT2D eigenvalue weighted by molar-refractivity contribution is 7.15. The molecular weight excluding hydrogens is 334 g/mol. The molecule has 0 aliphatic heterocycles. The molecule has 0 bridgehead atoms. The van der Waals surface area contributed by atoms with Crippen LogP contribution in [0, 0.1) is 6.92 Å². The van der Waals surface area contributed by atoms with Crippen LogP contribution in [0.5, 0.6) is 5.75 Å². The Morgan fingerprint density at radius 1 is 1.35 bits per heavy atom. The zero-order valence-corrected chi connectivity index (χ0v) is 13.8. The van der Waals surface area contributed by atoms with Crippen LogP contribution in [0.4, 0.5) is 10.3 Å². The third kappa shape index (κ3) is 3.82. The SMILES string of the molecule is Cc1nnc(NC(=O)COc2ccccc2-c2csc(N)n2)s1. The van der Waals surface area contributed by atoms with Gasteiger partial charge in [0.1, 0.15) is 10.8 Å². The van der Waals surface area contributed by atoms with Gasteiger partial charge in [0.25, 0.3) is 5.91 Å². The zero-order chi connectivity index (χ0) is 16.2. The summed E-state index contributed by atoms with van der Waals surface area (Å²) in [5.41, 5.74) is 7.18. The van der Waals surface area contributed by atoms with Crippen molar-refractivity contribution < 1.29 is 9.53 Å². The van der Waals surface area contributed by atoms with Crippen molar-refractivity contribution in [3.63, 3.8) is 0 Å². The number of carbonyl (C=O) groups excluding carboxylic acids is 1. The maximum absolute atomic E-state index is 11.9. The molecular formula is C14H13N5O2S2. The number of carbonyl (C=O) groups is 1. The molecule has 0 aliphatic rings. The van der Waals surface area contributed by atoms with Gasteiger partial charge >= 0.3 is 0 Å². The average molecular weight is 347 g/mol. The number of nitrogens with one attached hydrogen (secondary N) is 1. The molecule has 3 N–H and O–H groups in total. The lowest BCUT2D eigenvalue weighted by Crippen LogP contribution is -2.20. The molecule has 3 rings (SSSR count). The van der Waals surface area contributed by atoms with Crippen LogP contribution >= 0.6 is 22.7 Å². The summed E-state index contributed by atoms with van der Waals surface area (Å²) in [6.45, 7) is 1.69. The minimum atomic E-state index is -0.297. The first kappa shape index (κ1) is 15.4. The number of hydrogen-bond acceptors (Lipinski definition) is 8. The molecule has 2 aromatic heterocycles. The standard InChI is InChI=1S/C14H13N5O2S2/c1-8-18-19-14(23-8)17-12(20)6-21-11-5-3-2-4-9(11)10-7-22-13(15)16-10/h2-5,7H,6H2,1H3,(H2,15,16)(H,17,19,20). The maximum atomic E-state index is 11.9. The van der Waals surface area contributed by atoms with Crippen LogP contribution in [0.2, 0.25) is 0 Å². The van der Waals surface area contributed by atoms with E-state index in [2.05, 4.69) is 20.5 Å². The van der Waals surface area contributed by atoms with Gasteiger partial charge in [0.15, 0.2) is 11.7 Å². The van der Waals surface area contributed by atoms with Crippen molar-refractivity contribution in [1.82, 2.24) is 15.2 Å². The first-order chi connectivity index (χ1) is 11.1. The lowest BCUT2D eigenvalue weighted by molar-refractivity contribution is -0.118. The van der Waals surface area contributed by atoms with E-state index >= 15 is 0 Å². The van der Waals surface area contributed by atoms with Crippen LogP contribution in [0.15, 0.2) is 29.6 Å². The summed E-state index contributed by atoms with van der Waals surface area (Å²) < 4.78 is 5.61. The first-order valence-corrected chi connectivity index (χ1v) is 8.34. The van der Waals surface area contributed by atoms with Crippen molar-refractivity contribution in [2.45, 2.75) is 6.92 Å². The molecule has 0 radical (unpaired) electrons. The van der Waals surface area contributed by atoms with Crippen LogP contribution in [-0.2, 0) is 4.79 Å². The van der Waals surface area contributed by atoms with Gasteiger partial charge in [0.05, 0.1) is 5.69 Å². The molecule has 1 amide bonds. The van der Waals surface area contributed by atoms with Crippen molar-refractivity contribution in [2.75, 3.05) is 17.7 Å². The highest BCUT2D eigenvalue weighted by Crippen LogP contribution is 2.31. The van der Waals surface area contributed by atoms with Gasteiger partial charge in [-0.25, -0.2) is 4.98 Å². The van der Waals surface area contributed by atoms with Gasteiger partial charge in [0.2, 0.25) is 5.13 Å². The maximum Gasteiger partial charge on any atom is 0.264 e. The fourth-order valence-corrected chi connectivity index (χ4v) is 3.03. The Morgan fingerprint density at radius 2 is 2.17 bits per heavy atom. The van der Waals surface area contributed by atoms with Crippen molar-refractivity contribution >= 4 is 38.8 Å². The van der Waals surface area contributed by atoms with Crippen LogP contribution < -0.4 is 15.8 Å². The van der Waals surface area contributed by atoms with Gasteiger partial charge < -0.3 is 10.5 Å². The van der Waals surface area contributed by atoms with Crippen molar-refractivity contribution in [2.24, 2.45) is 0 Å². The lowest BCUT2D eigenvalue weighted by Gasteiger charge is -2.09. The summed E-state index contributed by atoms with van der Waals surface area (Å²) >= 11 is 2.66. The zero-order valence-electron chi connectivity index (χ0n) is 12.1. The van der Waals surface area contributed by atoms with Crippen LogP contribution in [0.1, 0.15) is 5.01 Å². The van der Waals surface area contributed by atoms with Gasteiger partial charge in [-0.2, -0.15) is 0 Å². The van der Waals surface area contributed by atoms with Gasteiger partial charge in [-0.05, 0) is 19.1 Å². The normalized spacial score (nSPS) is 10.5. The fraction of sp³-hybridized carbons (Fsp3) is 0.143. The first-order valence-electron chi connectivity index (χ1n) is 6.65. The summed E-state index contributed by atoms with van der Waals surface area (Å²) in [7, 11) is 0. The molecule has 0 saturated carbocycles. The molecule has 0 saturated heterocycles. The Bertz CT molecular complexity index is 830. The number of nitrogens with zero attached hydrogens (tertiary/aromatic N) is 3.